The molecular weight excluding hydrogens is 482 g/mol. The maximum absolute atomic E-state index is 6.31. The van der Waals surface area contributed by atoms with E-state index in [2.05, 4.69) is 43.3 Å². The van der Waals surface area contributed by atoms with E-state index in [1.807, 2.05) is 37.3 Å². The van der Waals surface area contributed by atoms with Crippen LogP contribution < -0.4 is 14.8 Å². The molecule has 2 aliphatic rings. The summed E-state index contributed by atoms with van der Waals surface area (Å²) in [6.45, 7) is 11.6. The van der Waals surface area contributed by atoms with Crippen molar-refractivity contribution < 1.29 is 18.9 Å². The van der Waals surface area contributed by atoms with Crippen molar-refractivity contribution in [2.24, 2.45) is 0 Å². The molecule has 3 heterocycles. The molecule has 2 aliphatic heterocycles. The molecule has 0 saturated carbocycles. The van der Waals surface area contributed by atoms with E-state index in [1.165, 1.54) is 0 Å². The van der Waals surface area contributed by atoms with Crippen molar-refractivity contribution in [3.05, 3.63) is 54.4 Å². The molecule has 0 atom stereocenters. The van der Waals surface area contributed by atoms with Gasteiger partial charge in [-0.1, -0.05) is 24.3 Å². The number of morpholine rings is 2. The zero-order valence-electron chi connectivity index (χ0n) is 22.1. The largest absolute Gasteiger partial charge is 0.488 e. The Morgan fingerprint density at radius 2 is 1.45 bits per heavy atom. The smallest absolute Gasteiger partial charge is 0.163 e. The molecule has 2 aromatic carbocycles. The summed E-state index contributed by atoms with van der Waals surface area (Å²) >= 11 is 0. The molecule has 0 spiro atoms. The molecule has 1 aromatic heterocycles. The summed E-state index contributed by atoms with van der Waals surface area (Å²) < 4.78 is 23.5. The van der Waals surface area contributed by atoms with Crippen molar-refractivity contribution in [3.63, 3.8) is 0 Å². The SMILES string of the molecule is C/C=C/c1ccc(Nc2ncnc3cc(OCCN4CCOCC4)c(OCCN4CCOCC4)cc23)cc1. The second-order valence-electron chi connectivity index (χ2n) is 9.39. The predicted molar refractivity (Wildman–Crippen MR) is 149 cm³/mol. The first kappa shape index (κ1) is 26.4. The Balaban J connectivity index is 1.34. The van der Waals surface area contributed by atoms with Gasteiger partial charge in [0, 0.05) is 56.4 Å². The molecule has 9 heteroatoms. The van der Waals surface area contributed by atoms with Gasteiger partial charge in [0.2, 0.25) is 0 Å². The molecule has 2 saturated heterocycles. The van der Waals surface area contributed by atoms with Crippen molar-refractivity contribution in [1.82, 2.24) is 19.8 Å². The zero-order chi connectivity index (χ0) is 26.0. The fourth-order valence-corrected chi connectivity index (χ4v) is 4.61. The number of hydrogen-bond acceptors (Lipinski definition) is 9. The summed E-state index contributed by atoms with van der Waals surface area (Å²) in [4.78, 5) is 13.8. The topological polar surface area (TPSA) is 81.2 Å². The van der Waals surface area contributed by atoms with E-state index in [4.69, 9.17) is 18.9 Å². The second kappa shape index (κ2) is 13.5. The predicted octanol–water partition coefficient (Wildman–Crippen LogP) is 3.83. The lowest BCUT2D eigenvalue weighted by molar-refractivity contribution is 0.0305. The maximum atomic E-state index is 6.31. The summed E-state index contributed by atoms with van der Waals surface area (Å²) in [5.74, 6) is 2.13. The van der Waals surface area contributed by atoms with Crippen LogP contribution in [0.4, 0.5) is 11.5 Å². The lowest BCUT2D eigenvalue weighted by atomic mass is 10.1. The number of benzene rings is 2. The Morgan fingerprint density at radius 3 is 2.05 bits per heavy atom. The number of allylic oxidation sites excluding steroid dienone is 1. The van der Waals surface area contributed by atoms with Crippen LogP contribution in [0, 0.1) is 0 Å². The van der Waals surface area contributed by atoms with Gasteiger partial charge in [0.25, 0.3) is 0 Å². The standard InChI is InChI=1S/C29H37N5O4/c1-2-3-23-4-6-24(7-5-23)32-29-25-20-27(37-18-12-33-8-14-35-15-9-33)28(21-26(25)30-22-31-29)38-19-13-34-10-16-36-17-11-34/h2-7,20-22H,8-19H2,1H3,(H,30,31,32)/b3-2+. The molecule has 0 radical (unpaired) electrons. The minimum Gasteiger partial charge on any atom is -0.488 e. The summed E-state index contributed by atoms with van der Waals surface area (Å²) in [5, 5.41) is 4.33. The first-order chi connectivity index (χ1) is 18.8. The van der Waals surface area contributed by atoms with Crippen molar-refractivity contribution >= 4 is 28.5 Å². The molecule has 5 rings (SSSR count). The molecular formula is C29H37N5O4. The van der Waals surface area contributed by atoms with E-state index in [9.17, 15) is 0 Å². The molecule has 9 nitrogen and oxygen atoms in total. The molecule has 0 bridgehead atoms. The highest BCUT2D eigenvalue weighted by Crippen LogP contribution is 2.35. The number of ether oxygens (including phenoxy) is 4. The highest BCUT2D eigenvalue weighted by molar-refractivity contribution is 5.93. The number of fused-ring (bicyclic) bond motifs is 1. The normalized spacial score (nSPS) is 17.2. The second-order valence-corrected chi connectivity index (χ2v) is 9.39. The quantitative estimate of drug-likeness (QED) is 0.407. The maximum Gasteiger partial charge on any atom is 0.163 e. The van der Waals surface area contributed by atoms with Gasteiger partial charge in [-0.2, -0.15) is 0 Å². The molecule has 38 heavy (non-hydrogen) atoms. The van der Waals surface area contributed by atoms with E-state index < -0.39 is 0 Å². The Labute approximate surface area is 224 Å². The number of nitrogens with zero attached hydrogens (tertiary/aromatic N) is 4. The van der Waals surface area contributed by atoms with Gasteiger partial charge in [-0.25, -0.2) is 9.97 Å². The van der Waals surface area contributed by atoms with E-state index in [-0.39, 0.29) is 0 Å². The Bertz CT molecular complexity index is 1190. The monoisotopic (exact) mass is 519 g/mol. The van der Waals surface area contributed by atoms with Gasteiger partial charge < -0.3 is 24.3 Å². The van der Waals surface area contributed by atoms with Gasteiger partial charge in [-0.15, -0.1) is 0 Å². The van der Waals surface area contributed by atoms with Crippen LogP contribution in [0.2, 0.25) is 0 Å². The Hall–Kier alpha value is -3.24. The van der Waals surface area contributed by atoms with Gasteiger partial charge in [0.15, 0.2) is 11.5 Å². The number of aromatic nitrogens is 2. The third-order valence-electron chi connectivity index (χ3n) is 6.77. The van der Waals surface area contributed by atoms with Crippen molar-refractivity contribution in [2.75, 3.05) is 84.2 Å². The molecule has 3 aromatic rings. The van der Waals surface area contributed by atoms with E-state index in [1.54, 1.807) is 6.33 Å². The fourth-order valence-electron chi connectivity index (χ4n) is 4.61. The van der Waals surface area contributed by atoms with Gasteiger partial charge >= 0.3 is 0 Å². The molecule has 0 aliphatic carbocycles. The van der Waals surface area contributed by atoms with Crippen molar-refractivity contribution in [1.29, 1.82) is 0 Å². The minimum absolute atomic E-state index is 0.564. The third kappa shape index (κ3) is 7.20. The van der Waals surface area contributed by atoms with Crippen LogP contribution in [0.5, 0.6) is 11.5 Å². The summed E-state index contributed by atoms with van der Waals surface area (Å²) in [6.07, 6.45) is 5.68. The highest BCUT2D eigenvalue weighted by atomic mass is 16.5. The van der Waals surface area contributed by atoms with E-state index in [0.717, 1.165) is 93.7 Å². The Morgan fingerprint density at radius 1 is 0.842 bits per heavy atom. The first-order valence-corrected chi connectivity index (χ1v) is 13.4. The molecule has 0 amide bonds. The van der Waals surface area contributed by atoms with Crippen LogP contribution in [-0.4, -0.2) is 98.7 Å². The zero-order valence-corrected chi connectivity index (χ0v) is 22.1. The van der Waals surface area contributed by atoms with Crippen LogP contribution in [0.25, 0.3) is 17.0 Å². The van der Waals surface area contributed by atoms with Gasteiger partial charge in [0.05, 0.1) is 31.9 Å². The van der Waals surface area contributed by atoms with Crippen molar-refractivity contribution in [3.8, 4) is 11.5 Å². The first-order valence-electron chi connectivity index (χ1n) is 13.4. The Kier molecular flexibility index (Phi) is 9.39. The number of hydrogen-bond donors (Lipinski definition) is 1. The van der Waals surface area contributed by atoms with Crippen LogP contribution >= 0.6 is 0 Å². The van der Waals surface area contributed by atoms with Crippen LogP contribution in [-0.2, 0) is 9.47 Å². The average molecular weight is 520 g/mol. The highest BCUT2D eigenvalue weighted by Gasteiger charge is 2.16. The third-order valence-corrected chi connectivity index (χ3v) is 6.77. The lowest BCUT2D eigenvalue weighted by Crippen LogP contribution is -2.39. The summed E-state index contributed by atoms with van der Waals surface area (Å²) in [5.41, 5.74) is 2.91. The van der Waals surface area contributed by atoms with Crippen LogP contribution in [0.1, 0.15) is 12.5 Å². The fraction of sp³-hybridized carbons (Fsp3) is 0.448. The molecule has 0 unspecified atom stereocenters. The summed E-state index contributed by atoms with van der Waals surface area (Å²) in [6, 6.07) is 12.2. The van der Waals surface area contributed by atoms with Gasteiger partial charge in [-0.3, -0.25) is 9.80 Å². The summed E-state index contributed by atoms with van der Waals surface area (Å²) in [7, 11) is 0. The van der Waals surface area contributed by atoms with Gasteiger partial charge in [0.1, 0.15) is 25.4 Å². The van der Waals surface area contributed by atoms with E-state index >= 15 is 0 Å². The number of nitrogens with one attached hydrogen (secondary N) is 1. The average Bonchev–Trinajstić information content (AvgIpc) is 2.96. The molecule has 1 N–H and O–H groups in total. The van der Waals surface area contributed by atoms with E-state index in [0.29, 0.717) is 24.7 Å². The molecule has 202 valence electrons. The number of rotatable bonds is 11. The van der Waals surface area contributed by atoms with Gasteiger partial charge in [-0.05, 0) is 30.7 Å². The van der Waals surface area contributed by atoms with Crippen LogP contribution in [0.15, 0.2) is 48.8 Å². The van der Waals surface area contributed by atoms with Crippen LogP contribution in [0.3, 0.4) is 0 Å². The lowest BCUT2D eigenvalue weighted by Gasteiger charge is -2.27. The minimum atomic E-state index is 0.564. The molecule has 2 fully saturated rings. The number of anilines is 2. The van der Waals surface area contributed by atoms with Crippen molar-refractivity contribution in [2.45, 2.75) is 6.92 Å².